The Morgan fingerprint density at radius 1 is 1.19 bits per heavy atom. The van der Waals surface area contributed by atoms with Crippen LogP contribution in [0.4, 0.5) is 10.5 Å². The zero-order chi connectivity index (χ0) is 19.4. The van der Waals surface area contributed by atoms with Crippen LogP contribution in [0.15, 0.2) is 61.1 Å². The van der Waals surface area contributed by atoms with Gasteiger partial charge in [-0.05, 0) is 38.5 Å². The van der Waals surface area contributed by atoms with Gasteiger partial charge in [-0.3, -0.25) is 9.88 Å². The summed E-state index contributed by atoms with van der Waals surface area (Å²) in [7, 11) is 0. The third kappa shape index (κ3) is 4.86. The van der Waals surface area contributed by atoms with Crippen molar-refractivity contribution in [1.82, 2.24) is 14.8 Å². The Balaban J connectivity index is 1.97. The van der Waals surface area contributed by atoms with Gasteiger partial charge < -0.3 is 4.74 Å². The summed E-state index contributed by atoms with van der Waals surface area (Å²) >= 11 is 6.37. The Kier molecular flexibility index (Phi) is 5.46. The maximum Gasteiger partial charge on any atom is 0.415 e. The molecule has 0 fully saturated rings. The zero-order valence-electron chi connectivity index (χ0n) is 15.5. The van der Waals surface area contributed by atoms with Gasteiger partial charge in [0.1, 0.15) is 11.3 Å². The molecule has 0 aliphatic carbocycles. The van der Waals surface area contributed by atoms with Crippen molar-refractivity contribution in [3.8, 4) is 5.69 Å². The van der Waals surface area contributed by atoms with Gasteiger partial charge in [0.05, 0.1) is 24.6 Å². The van der Waals surface area contributed by atoms with Crippen LogP contribution in [0.25, 0.3) is 5.69 Å². The van der Waals surface area contributed by atoms with Crippen LogP contribution in [0.3, 0.4) is 0 Å². The maximum atomic E-state index is 12.9. The van der Waals surface area contributed by atoms with Crippen LogP contribution in [-0.2, 0) is 11.3 Å². The molecule has 0 saturated heterocycles. The van der Waals surface area contributed by atoms with E-state index in [9.17, 15) is 4.79 Å². The molecule has 1 amide bonds. The van der Waals surface area contributed by atoms with E-state index < -0.39 is 11.7 Å². The molecular weight excluding hydrogens is 364 g/mol. The van der Waals surface area contributed by atoms with Crippen LogP contribution in [0.5, 0.6) is 0 Å². The highest BCUT2D eigenvalue weighted by molar-refractivity contribution is 6.32. The van der Waals surface area contributed by atoms with E-state index in [4.69, 9.17) is 16.3 Å². The van der Waals surface area contributed by atoms with Crippen LogP contribution in [0.2, 0.25) is 5.15 Å². The van der Waals surface area contributed by atoms with Crippen LogP contribution in [0.1, 0.15) is 26.3 Å². The van der Waals surface area contributed by atoms with Gasteiger partial charge in [-0.15, -0.1) is 0 Å². The maximum absolute atomic E-state index is 12.9. The van der Waals surface area contributed by atoms with Crippen LogP contribution >= 0.6 is 11.6 Å². The second kappa shape index (κ2) is 7.80. The molecule has 0 N–H and O–H groups in total. The van der Waals surface area contributed by atoms with Crippen LogP contribution < -0.4 is 4.90 Å². The zero-order valence-corrected chi connectivity index (χ0v) is 16.2. The molecule has 0 unspecified atom stereocenters. The van der Waals surface area contributed by atoms with Crippen molar-refractivity contribution in [2.75, 3.05) is 4.90 Å². The predicted octanol–water partition coefficient (Wildman–Crippen LogP) is 4.86. The van der Waals surface area contributed by atoms with E-state index >= 15 is 0 Å². The predicted molar refractivity (Wildman–Crippen MR) is 105 cm³/mol. The van der Waals surface area contributed by atoms with E-state index in [1.165, 1.54) is 4.90 Å². The number of amides is 1. The van der Waals surface area contributed by atoms with Crippen LogP contribution in [-0.4, -0.2) is 26.5 Å². The molecule has 2 heterocycles. The third-order valence-corrected chi connectivity index (χ3v) is 3.92. The van der Waals surface area contributed by atoms with Gasteiger partial charge in [-0.2, -0.15) is 5.10 Å². The fourth-order valence-electron chi connectivity index (χ4n) is 2.48. The van der Waals surface area contributed by atoms with Gasteiger partial charge in [-0.1, -0.05) is 41.9 Å². The number of pyridine rings is 1. The number of aromatic nitrogens is 3. The number of hydrogen-bond acceptors (Lipinski definition) is 4. The number of hydrogen-bond donors (Lipinski definition) is 0. The van der Waals surface area contributed by atoms with Gasteiger partial charge >= 0.3 is 6.09 Å². The summed E-state index contributed by atoms with van der Waals surface area (Å²) < 4.78 is 7.17. The Bertz CT molecular complexity index is 905. The number of carbonyl (C=O) groups excluding carboxylic acids is 1. The molecule has 2 aromatic heterocycles. The standard InChI is InChI=1S/C20H21ClN4O2/c1-20(2,3)27-19(26)24(13-15-8-5-4-6-9-15)17-14-25(23-18(17)21)16-10-7-11-22-12-16/h4-12,14H,13H2,1-3H3. The number of carbonyl (C=O) groups is 1. The minimum Gasteiger partial charge on any atom is -0.443 e. The van der Waals surface area contributed by atoms with Crippen molar-refractivity contribution in [3.05, 3.63) is 71.8 Å². The molecule has 6 nitrogen and oxygen atoms in total. The van der Waals surface area contributed by atoms with E-state index in [0.717, 1.165) is 11.3 Å². The average Bonchev–Trinajstić information content (AvgIpc) is 3.01. The Hall–Kier alpha value is -2.86. The summed E-state index contributed by atoms with van der Waals surface area (Å²) in [6.45, 7) is 5.79. The summed E-state index contributed by atoms with van der Waals surface area (Å²) in [4.78, 5) is 18.4. The molecule has 3 rings (SSSR count). The van der Waals surface area contributed by atoms with Crippen LogP contribution in [0, 0.1) is 0 Å². The second-order valence-corrected chi connectivity index (χ2v) is 7.37. The SMILES string of the molecule is CC(C)(C)OC(=O)N(Cc1ccccc1)c1cn(-c2cccnc2)nc1Cl. The Morgan fingerprint density at radius 2 is 1.93 bits per heavy atom. The topological polar surface area (TPSA) is 60.2 Å². The molecule has 3 aromatic rings. The lowest BCUT2D eigenvalue weighted by Crippen LogP contribution is -2.36. The fourth-order valence-corrected chi connectivity index (χ4v) is 2.71. The lowest BCUT2D eigenvalue weighted by molar-refractivity contribution is 0.0577. The smallest absolute Gasteiger partial charge is 0.415 e. The number of anilines is 1. The highest BCUT2D eigenvalue weighted by Crippen LogP contribution is 2.29. The molecule has 7 heteroatoms. The van der Waals surface area contributed by atoms with Gasteiger partial charge in [0, 0.05) is 6.20 Å². The quantitative estimate of drug-likeness (QED) is 0.644. The highest BCUT2D eigenvalue weighted by atomic mass is 35.5. The largest absolute Gasteiger partial charge is 0.443 e. The van der Waals surface area contributed by atoms with E-state index in [-0.39, 0.29) is 5.15 Å². The van der Waals surface area contributed by atoms with Gasteiger partial charge in [0.15, 0.2) is 5.15 Å². The lowest BCUT2D eigenvalue weighted by Gasteiger charge is -2.26. The van der Waals surface area contributed by atoms with Crippen molar-refractivity contribution < 1.29 is 9.53 Å². The Morgan fingerprint density at radius 3 is 2.56 bits per heavy atom. The molecule has 0 aliphatic heterocycles. The first kappa shape index (κ1) is 18.9. The van der Waals surface area contributed by atoms with Crippen molar-refractivity contribution in [3.63, 3.8) is 0 Å². The molecular formula is C20H21ClN4O2. The van der Waals surface area contributed by atoms with Gasteiger partial charge in [-0.25, -0.2) is 9.48 Å². The molecule has 0 spiro atoms. The van der Waals surface area contributed by atoms with Crippen molar-refractivity contribution in [1.29, 1.82) is 0 Å². The molecule has 140 valence electrons. The van der Waals surface area contributed by atoms with Crippen molar-refractivity contribution in [2.45, 2.75) is 32.9 Å². The number of rotatable bonds is 4. The number of nitrogens with zero attached hydrogens (tertiary/aromatic N) is 4. The highest BCUT2D eigenvalue weighted by Gasteiger charge is 2.27. The molecule has 0 saturated carbocycles. The first-order valence-corrected chi connectivity index (χ1v) is 8.91. The number of ether oxygens (including phenoxy) is 1. The molecule has 0 atom stereocenters. The summed E-state index contributed by atoms with van der Waals surface area (Å²) in [6.07, 6.45) is 4.56. The van der Waals surface area contributed by atoms with Gasteiger partial charge in [0.2, 0.25) is 0 Å². The molecule has 0 aliphatic rings. The summed E-state index contributed by atoms with van der Waals surface area (Å²) in [5, 5.41) is 4.52. The van der Waals surface area contributed by atoms with E-state index in [1.807, 2.05) is 57.2 Å². The molecule has 1 aromatic carbocycles. The van der Waals surface area contributed by atoms with Crippen molar-refractivity contribution >= 4 is 23.4 Å². The first-order chi connectivity index (χ1) is 12.8. The van der Waals surface area contributed by atoms with E-state index in [0.29, 0.717) is 12.2 Å². The summed E-state index contributed by atoms with van der Waals surface area (Å²) in [5.41, 5.74) is 1.54. The van der Waals surface area contributed by atoms with E-state index in [1.54, 1.807) is 29.3 Å². The molecule has 27 heavy (non-hydrogen) atoms. The van der Waals surface area contributed by atoms with E-state index in [2.05, 4.69) is 10.1 Å². The summed E-state index contributed by atoms with van der Waals surface area (Å²) in [5.74, 6) is 0. The third-order valence-electron chi connectivity index (χ3n) is 3.65. The summed E-state index contributed by atoms with van der Waals surface area (Å²) in [6, 6.07) is 13.3. The Labute approximate surface area is 163 Å². The lowest BCUT2D eigenvalue weighted by atomic mass is 10.2. The molecule has 0 radical (unpaired) electrons. The second-order valence-electron chi connectivity index (χ2n) is 7.01. The van der Waals surface area contributed by atoms with Gasteiger partial charge in [0.25, 0.3) is 0 Å². The first-order valence-electron chi connectivity index (χ1n) is 8.53. The average molecular weight is 385 g/mol. The minimum atomic E-state index is -0.627. The number of benzene rings is 1. The normalized spacial score (nSPS) is 11.3. The minimum absolute atomic E-state index is 0.209. The monoisotopic (exact) mass is 384 g/mol. The fraction of sp³-hybridized carbons (Fsp3) is 0.250. The number of halogens is 1. The van der Waals surface area contributed by atoms with Crippen molar-refractivity contribution in [2.24, 2.45) is 0 Å². The molecule has 0 bridgehead atoms.